The molecule has 2 aromatic heterocycles. The molecule has 1 unspecified atom stereocenters. The van der Waals surface area contributed by atoms with E-state index in [4.69, 9.17) is 0 Å². The average Bonchev–Trinajstić information content (AvgIpc) is 2.89. The highest BCUT2D eigenvalue weighted by Gasteiger charge is 2.23. The molecule has 21 heavy (non-hydrogen) atoms. The van der Waals surface area contributed by atoms with E-state index in [0.717, 1.165) is 25.3 Å². The van der Waals surface area contributed by atoms with E-state index in [1.165, 1.54) is 30.6 Å². The van der Waals surface area contributed by atoms with Crippen LogP contribution in [-0.4, -0.2) is 37.7 Å². The van der Waals surface area contributed by atoms with Gasteiger partial charge in [-0.3, -0.25) is 9.58 Å². The van der Waals surface area contributed by atoms with Crippen molar-refractivity contribution in [2.24, 2.45) is 0 Å². The molecule has 0 bridgehead atoms. The third-order valence-electron chi connectivity index (χ3n) is 4.29. The SMILES string of the molecule is CCn1cc(CN2CCCC(c3ccncn3)C2)c(C)n1. The molecule has 1 saturated heterocycles. The molecule has 112 valence electrons. The number of nitrogens with zero attached hydrogens (tertiary/aromatic N) is 5. The Hall–Kier alpha value is -1.75. The van der Waals surface area contributed by atoms with Gasteiger partial charge in [0.05, 0.1) is 5.69 Å². The molecule has 0 spiro atoms. The first-order valence-corrected chi connectivity index (χ1v) is 7.77. The highest BCUT2D eigenvalue weighted by molar-refractivity contribution is 5.16. The molecule has 1 aliphatic rings. The molecule has 0 N–H and O–H groups in total. The van der Waals surface area contributed by atoms with E-state index in [0.29, 0.717) is 5.92 Å². The number of likely N-dealkylation sites (tertiary alicyclic amines) is 1. The molecule has 5 nitrogen and oxygen atoms in total. The zero-order valence-corrected chi connectivity index (χ0v) is 12.9. The minimum atomic E-state index is 0.531. The number of rotatable bonds is 4. The van der Waals surface area contributed by atoms with Crippen molar-refractivity contribution in [2.45, 2.75) is 45.7 Å². The largest absolute Gasteiger partial charge is 0.298 e. The third-order valence-corrected chi connectivity index (χ3v) is 4.29. The first-order chi connectivity index (χ1) is 10.3. The second-order valence-electron chi connectivity index (χ2n) is 5.80. The highest BCUT2D eigenvalue weighted by atomic mass is 15.3. The zero-order chi connectivity index (χ0) is 14.7. The van der Waals surface area contributed by atoms with E-state index in [2.05, 4.69) is 46.1 Å². The second-order valence-corrected chi connectivity index (χ2v) is 5.80. The minimum absolute atomic E-state index is 0.531. The van der Waals surface area contributed by atoms with E-state index >= 15 is 0 Å². The van der Waals surface area contributed by atoms with Crippen molar-refractivity contribution in [1.82, 2.24) is 24.6 Å². The maximum Gasteiger partial charge on any atom is 0.115 e. The summed E-state index contributed by atoms with van der Waals surface area (Å²) in [5, 5.41) is 4.54. The molecular formula is C16H23N5. The molecule has 1 atom stereocenters. The van der Waals surface area contributed by atoms with Crippen molar-refractivity contribution in [1.29, 1.82) is 0 Å². The number of piperidine rings is 1. The molecule has 0 aliphatic carbocycles. The standard InChI is InChI=1S/C16H23N5/c1-3-21-11-15(13(2)19-21)10-20-8-4-5-14(9-20)16-6-7-17-12-18-16/h6-7,11-12,14H,3-5,8-10H2,1-2H3. The van der Waals surface area contributed by atoms with Gasteiger partial charge in [-0.05, 0) is 39.3 Å². The lowest BCUT2D eigenvalue weighted by atomic mass is 9.94. The van der Waals surface area contributed by atoms with Crippen LogP contribution in [0.4, 0.5) is 0 Å². The van der Waals surface area contributed by atoms with Gasteiger partial charge in [0.1, 0.15) is 6.33 Å². The van der Waals surface area contributed by atoms with Gasteiger partial charge in [-0.2, -0.15) is 5.10 Å². The van der Waals surface area contributed by atoms with E-state index in [-0.39, 0.29) is 0 Å². The Kier molecular flexibility index (Phi) is 4.29. The predicted molar refractivity (Wildman–Crippen MR) is 81.9 cm³/mol. The monoisotopic (exact) mass is 285 g/mol. The summed E-state index contributed by atoms with van der Waals surface area (Å²) in [7, 11) is 0. The van der Waals surface area contributed by atoms with Gasteiger partial charge in [0.2, 0.25) is 0 Å². The maximum atomic E-state index is 4.54. The lowest BCUT2D eigenvalue weighted by Gasteiger charge is -2.32. The van der Waals surface area contributed by atoms with Gasteiger partial charge in [0, 0.05) is 49.2 Å². The van der Waals surface area contributed by atoms with Gasteiger partial charge in [-0.25, -0.2) is 9.97 Å². The minimum Gasteiger partial charge on any atom is -0.298 e. The van der Waals surface area contributed by atoms with Gasteiger partial charge in [-0.15, -0.1) is 0 Å². The first-order valence-electron chi connectivity index (χ1n) is 7.77. The zero-order valence-electron chi connectivity index (χ0n) is 12.9. The molecule has 0 saturated carbocycles. The Bertz CT molecular complexity index is 578. The van der Waals surface area contributed by atoms with Gasteiger partial charge >= 0.3 is 0 Å². The molecule has 3 heterocycles. The lowest BCUT2D eigenvalue weighted by Crippen LogP contribution is -2.34. The predicted octanol–water partition coefficient (Wildman–Crippen LogP) is 2.38. The highest BCUT2D eigenvalue weighted by Crippen LogP contribution is 2.26. The summed E-state index contributed by atoms with van der Waals surface area (Å²) in [5.41, 5.74) is 3.68. The molecule has 0 aromatic carbocycles. The van der Waals surface area contributed by atoms with Crippen LogP contribution in [0.1, 0.15) is 42.6 Å². The Morgan fingerprint density at radius 2 is 2.29 bits per heavy atom. The van der Waals surface area contributed by atoms with Crippen LogP contribution in [0.2, 0.25) is 0 Å². The van der Waals surface area contributed by atoms with Crippen molar-refractivity contribution < 1.29 is 0 Å². The maximum absolute atomic E-state index is 4.54. The summed E-state index contributed by atoms with van der Waals surface area (Å²) < 4.78 is 2.02. The Morgan fingerprint density at radius 3 is 3.00 bits per heavy atom. The third kappa shape index (κ3) is 3.29. The Balaban J connectivity index is 1.67. The van der Waals surface area contributed by atoms with Gasteiger partial charge < -0.3 is 0 Å². The van der Waals surface area contributed by atoms with Gasteiger partial charge in [0.15, 0.2) is 0 Å². The average molecular weight is 285 g/mol. The van der Waals surface area contributed by atoms with E-state index in [9.17, 15) is 0 Å². The summed E-state index contributed by atoms with van der Waals surface area (Å²) in [6.45, 7) is 8.40. The summed E-state index contributed by atoms with van der Waals surface area (Å²) in [6, 6.07) is 2.05. The normalized spacial score (nSPS) is 19.8. The van der Waals surface area contributed by atoms with Gasteiger partial charge in [-0.1, -0.05) is 0 Å². The van der Waals surface area contributed by atoms with Crippen LogP contribution in [0, 0.1) is 6.92 Å². The molecule has 0 amide bonds. The van der Waals surface area contributed by atoms with Gasteiger partial charge in [0.25, 0.3) is 0 Å². The topological polar surface area (TPSA) is 46.8 Å². The second kappa shape index (κ2) is 6.35. The first kappa shape index (κ1) is 14.2. The summed E-state index contributed by atoms with van der Waals surface area (Å²) in [4.78, 5) is 11.0. The molecular weight excluding hydrogens is 262 g/mol. The van der Waals surface area contributed by atoms with E-state index < -0.39 is 0 Å². The Labute approximate surface area is 126 Å². The van der Waals surface area contributed by atoms with E-state index in [1.54, 1.807) is 6.33 Å². The fourth-order valence-electron chi connectivity index (χ4n) is 3.10. The van der Waals surface area contributed by atoms with E-state index in [1.807, 2.05) is 10.9 Å². The van der Waals surface area contributed by atoms with Crippen LogP contribution in [0.25, 0.3) is 0 Å². The van der Waals surface area contributed by atoms with Crippen molar-refractivity contribution in [2.75, 3.05) is 13.1 Å². The van der Waals surface area contributed by atoms with Crippen molar-refractivity contribution >= 4 is 0 Å². The fourth-order valence-corrected chi connectivity index (χ4v) is 3.10. The fraction of sp³-hybridized carbons (Fsp3) is 0.562. The molecule has 3 rings (SSSR count). The molecule has 1 fully saturated rings. The Morgan fingerprint density at radius 1 is 1.38 bits per heavy atom. The van der Waals surface area contributed by atoms with Crippen LogP contribution in [0.5, 0.6) is 0 Å². The summed E-state index contributed by atoms with van der Waals surface area (Å²) in [5.74, 6) is 0.531. The van der Waals surface area contributed by atoms with Crippen LogP contribution in [-0.2, 0) is 13.1 Å². The number of aromatic nitrogens is 4. The molecule has 1 aliphatic heterocycles. The lowest BCUT2D eigenvalue weighted by molar-refractivity contribution is 0.198. The quantitative estimate of drug-likeness (QED) is 0.865. The summed E-state index contributed by atoms with van der Waals surface area (Å²) >= 11 is 0. The van der Waals surface area contributed by atoms with Crippen LogP contribution < -0.4 is 0 Å². The molecule has 0 radical (unpaired) electrons. The number of hydrogen-bond acceptors (Lipinski definition) is 4. The number of hydrogen-bond donors (Lipinski definition) is 0. The number of aryl methyl sites for hydroxylation is 2. The van der Waals surface area contributed by atoms with Crippen LogP contribution in [0.15, 0.2) is 24.8 Å². The summed E-state index contributed by atoms with van der Waals surface area (Å²) in [6.07, 6.45) is 8.14. The van der Waals surface area contributed by atoms with Crippen molar-refractivity contribution in [3.63, 3.8) is 0 Å². The molecule has 5 heteroatoms. The van der Waals surface area contributed by atoms with Crippen molar-refractivity contribution in [3.05, 3.63) is 41.7 Å². The van der Waals surface area contributed by atoms with Crippen molar-refractivity contribution in [3.8, 4) is 0 Å². The van der Waals surface area contributed by atoms with Crippen LogP contribution >= 0.6 is 0 Å². The smallest absolute Gasteiger partial charge is 0.115 e. The molecule has 2 aromatic rings. The van der Waals surface area contributed by atoms with Crippen LogP contribution in [0.3, 0.4) is 0 Å².